The van der Waals surface area contributed by atoms with Gasteiger partial charge >= 0.3 is 0 Å². The average molecular weight is 1930 g/mol. The maximum absolute atomic E-state index is 6.06. The van der Waals surface area contributed by atoms with Gasteiger partial charge in [-0.3, -0.25) is 65.7 Å². The van der Waals surface area contributed by atoms with Crippen LogP contribution in [0.2, 0.25) is 0 Å². The standard InChI is InChI=1S/C23H22N6O2.C22H20N6O.C22H20N6S.C21H19N5O.C21H19N5S/c1-30-16-5-7-19-15(10-16)12-20(31-19)22-17-11-14(4-6-18(17)25-27-22)23-24-21(26-28-23)13-29-8-2-3-9-29;2*1-2-6-18-14(5-1)12-19(29-18)21-16-11-15(7-8-17(16)24-26-21)22-23-20(25-27-22)13-28-9-3-4-10-28;2*1-12(2)9-19-22-21(26-24-19)14-7-8-16-15(10-14)20(25-23-16)18-11-13-5-3-4-6-17(13)27-18/h4-7,10-12H,2-3,8-9,13H2,1H3,(H,25,27)(H,24,26,28);2*1-2,5-8,11-12H,3-4,9-10,13H2,(H,24,26)(H,23,25,27);2*3-8,10-12H,9H2,1-2H3,(H,23,25)(H,22,24,26). The highest BCUT2D eigenvalue weighted by molar-refractivity contribution is 7.22. The van der Waals surface area contributed by atoms with E-state index in [1.807, 2.05) is 133 Å². The molecule has 0 amide bonds. The number of para-hydroxylation sites is 2. The van der Waals surface area contributed by atoms with Crippen LogP contribution in [0.15, 0.2) is 250 Å². The molecule has 0 aliphatic carbocycles. The Morgan fingerprint density at radius 1 is 0.287 bits per heavy atom. The van der Waals surface area contributed by atoms with Crippen LogP contribution in [-0.4, -0.2) is 188 Å². The van der Waals surface area contributed by atoms with Gasteiger partial charge in [-0.15, -0.1) is 22.7 Å². The maximum atomic E-state index is 6.06. The normalized spacial score (nSPS) is 13.8. The van der Waals surface area contributed by atoms with Crippen molar-refractivity contribution in [3.05, 3.63) is 266 Å². The van der Waals surface area contributed by atoms with Crippen molar-refractivity contribution in [2.45, 2.75) is 98.7 Å². The van der Waals surface area contributed by atoms with Crippen LogP contribution in [0.25, 0.3) is 220 Å². The number of aromatic nitrogens is 25. The zero-order valence-electron chi connectivity index (χ0n) is 79.2. The van der Waals surface area contributed by atoms with Gasteiger partial charge in [0.05, 0.1) is 64.1 Å². The molecule has 143 heavy (non-hydrogen) atoms. The van der Waals surface area contributed by atoms with Gasteiger partial charge in [0.2, 0.25) is 0 Å². The van der Waals surface area contributed by atoms with E-state index in [9.17, 15) is 0 Å². The quantitative estimate of drug-likeness (QED) is 0.0319. The van der Waals surface area contributed by atoms with Crippen LogP contribution in [0.4, 0.5) is 0 Å². The SMILES string of the molecule is CC(C)Cc1nc(-c2ccc3[nH]nc(-c4cc5ccccc5o4)c3c2)n[nH]1.CC(C)Cc1nc(-c2ccc3[nH]nc(-c4cc5ccccc5s4)c3c2)n[nH]1.COc1ccc2oc(-c3n[nH]c4ccc(-c5n[nH]c(CN6CCCC6)n5)cc34)cc2c1.c1ccc2oc(-c3n[nH]c4ccc(-c5n[nH]c(CN6CCCC6)n5)cc34)cc2c1.c1ccc2sc(-c3n[nH]c4ccc(-c5n[nH]c(CN6CCCC6)n5)cc34)cc2c1. The number of rotatable bonds is 21. The fraction of sp³-hybridized carbons (Fsp3) is 0.220. The predicted molar refractivity (Wildman–Crippen MR) is 562 cm³/mol. The van der Waals surface area contributed by atoms with Gasteiger partial charge in [0.1, 0.15) is 80.1 Å². The molecule has 3 aliphatic rings. The van der Waals surface area contributed by atoms with E-state index >= 15 is 0 Å². The van der Waals surface area contributed by atoms with E-state index in [4.69, 9.17) is 32.9 Å². The van der Waals surface area contributed by atoms with E-state index in [0.29, 0.717) is 35.1 Å². The number of fused-ring (bicyclic) bond motifs is 10. The van der Waals surface area contributed by atoms with Crippen molar-refractivity contribution in [2.24, 2.45) is 11.8 Å². The minimum atomic E-state index is 0.529. The third-order valence-electron chi connectivity index (χ3n) is 26.3. The summed E-state index contributed by atoms with van der Waals surface area (Å²) in [7, 11) is 1.66. The van der Waals surface area contributed by atoms with Crippen molar-refractivity contribution in [3.8, 4) is 118 Å². The number of H-pyrrole nitrogens is 10. The van der Waals surface area contributed by atoms with E-state index < -0.39 is 0 Å². The first kappa shape index (κ1) is 89.1. The van der Waals surface area contributed by atoms with E-state index in [0.717, 1.165) is 278 Å². The Morgan fingerprint density at radius 3 is 0.909 bits per heavy atom. The number of furan rings is 3. The highest BCUT2D eigenvalue weighted by Crippen LogP contribution is 2.43. The van der Waals surface area contributed by atoms with Gasteiger partial charge in [-0.1, -0.05) is 100 Å². The molecule has 3 fully saturated rings. The fourth-order valence-corrected chi connectivity index (χ4v) is 21.2. The number of hydrogen-bond acceptors (Lipinski definition) is 24. The van der Waals surface area contributed by atoms with E-state index in [1.165, 1.54) is 63.6 Å². The van der Waals surface area contributed by atoms with Gasteiger partial charge in [-0.05, 0) is 264 Å². The van der Waals surface area contributed by atoms with E-state index in [-0.39, 0.29) is 0 Å². The second-order valence-corrected chi connectivity index (χ2v) is 39.6. The van der Waals surface area contributed by atoms with Crippen LogP contribution in [0.1, 0.15) is 95.3 Å². The molecule has 0 radical (unpaired) electrons. The van der Waals surface area contributed by atoms with Crippen molar-refractivity contribution in [1.82, 2.24) is 142 Å². The van der Waals surface area contributed by atoms with Crippen molar-refractivity contribution in [3.63, 3.8) is 0 Å². The van der Waals surface area contributed by atoms with Crippen molar-refractivity contribution in [2.75, 3.05) is 46.4 Å². The molecule has 0 saturated carbocycles. The van der Waals surface area contributed by atoms with E-state index in [2.05, 4.69) is 257 Å². The van der Waals surface area contributed by atoms with Crippen LogP contribution in [-0.2, 0) is 32.5 Å². The van der Waals surface area contributed by atoms with Gasteiger partial charge < -0.3 is 18.0 Å². The molecule has 0 bridgehead atoms. The highest BCUT2D eigenvalue weighted by atomic mass is 32.1. The summed E-state index contributed by atoms with van der Waals surface area (Å²) in [5.41, 5.74) is 16.6. The molecular formula is C109H100N28O4S2. The third-order valence-corrected chi connectivity index (χ3v) is 28.5. The summed E-state index contributed by atoms with van der Waals surface area (Å²) in [6, 6.07) is 79.7. The largest absolute Gasteiger partial charge is 0.497 e. The predicted octanol–water partition coefficient (Wildman–Crippen LogP) is 23.9. The lowest BCUT2D eigenvalue weighted by molar-refractivity contribution is 0.323. The van der Waals surface area contributed by atoms with Gasteiger partial charge in [-0.2, -0.15) is 51.0 Å². The summed E-state index contributed by atoms with van der Waals surface area (Å²) >= 11 is 3.53. The molecule has 25 aromatic rings. The first-order valence-electron chi connectivity index (χ1n) is 48.5. The highest BCUT2D eigenvalue weighted by Gasteiger charge is 2.26. The number of thiophene rings is 2. The molecule has 32 nitrogen and oxygen atoms in total. The number of benzene rings is 10. The van der Waals surface area contributed by atoms with Crippen LogP contribution >= 0.6 is 22.7 Å². The molecular weight excluding hydrogens is 1830 g/mol. The van der Waals surface area contributed by atoms with Crippen molar-refractivity contribution in [1.29, 1.82) is 0 Å². The zero-order valence-corrected chi connectivity index (χ0v) is 80.8. The van der Waals surface area contributed by atoms with Gasteiger partial charge in [-0.25, -0.2) is 24.9 Å². The second-order valence-electron chi connectivity index (χ2n) is 37.4. The number of likely N-dealkylation sites (tertiary alicyclic amines) is 3. The molecule has 15 aromatic heterocycles. The van der Waals surface area contributed by atoms with Crippen molar-refractivity contribution < 1.29 is 18.0 Å². The van der Waals surface area contributed by atoms with Crippen LogP contribution in [0, 0.1) is 11.8 Å². The third kappa shape index (κ3) is 18.9. The van der Waals surface area contributed by atoms with Crippen LogP contribution in [0.3, 0.4) is 0 Å². The van der Waals surface area contributed by atoms with E-state index in [1.54, 1.807) is 29.8 Å². The maximum Gasteiger partial charge on any atom is 0.181 e. The Kier molecular flexibility index (Phi) is 24.3. The first-order valence-corrected chi connectivity index (χ1v) is 50.1. The molecule has 0 unspecified atom stereocenters. The second kappa shape index (κ2) is 38.9. The lowest BCUT2D eigenvalue weighted by Gasteiger charge is -2.11. The number of nitrogens with zero attached hydrogens (tertiary/aromatic N) is 18. The van der Waals surface area contributed by atoms with Crippen LogP contribution < -0.4 is 4.74 Å². The van der Waals surface area contributed by atoms with Gasteiger partial charge in [0.25, 0.3) is 0 Å². The summed E-state index contributed by atoms with van der Waals surface area (Å²) in [5.74, 6) is 12.2. The molecule has 712 valence electrons. The molecule has 10 N–H and O–H groups in total. The minimum Gasteiger partial charge on any atom is -0.497 e. The monoisotopic (exact) mass is 1930 g/mol. The minimum absolute atomic E-state index is 0.529. The summed E-state index contributed by atoms with van der Waals surface area (Å²) in [4.78, 5) is 33.0. The Bertz CT molecular complexity index is 8300. The van der Waals surface area contributed by atoms with Gasteiger partial charge in [0, 0.05) is 93.1 Å². The smallest absolute Gasteiger partial charge is 0.181 e. The molecule has 3 aliphatic heterocycles. The molecule has 10 aromatic carbocycles. The number of ether oxygens (including phenoxy) is 1. The Balaban J connectivity index is 0.0000000964. The number of aromatic amines is 10. The van der Waals surface area contributed by atoms with Crippen molar-refractivity contribution >= 4 is 130 Å². The molecule has 3 saturated heterocycles. The molecule has 18 heterocycles. The molecule has 28 rings (SSSR count). The summed E-state index contributed by atoms with van der Waals surface area (Å²) in [6.45, 7) is 18.0. The summed E-state index contributed by atoms with van der Waals surface area (Å²) in [5, 5.41) is 86.5. The number of methoxy groups -OCH3 is 1. The van der Waals surface area contributed by atoms with Gasteiger partial charge in [0.15, 0.2) is 46.4 Å². The average Bonchev–Trinajstić information content (AvgIpc) is 1.64. The molecule has 0 atom stereocenters. The number of hydrogen-bond donors (Lipinski definition) is 10. The topological polar surface area (TPSA) is 410 Å². The first-order chi connectivity index (χ1) is 70.3. The summed E-state index contributed by atoms with van der Waals surface area (Å²) < 4.78 is 25.9. The fourth-order valence-electron chi connectivity index (χ4n) is 19.1. The molecule has 34 heteroatoms. The number of nitrogens with one attached hydrogen (secondary N) is 10. The zero-order chi connectivity index (χ0) is 96.0. The Hall–Kier alpha value is -16.5. The Labute approximate surface area is 825 Å². The lowest BCUT2D eigenvalue weighted by atomic mass is 10.1. The Morgan fingerprint density at radius 2 is 0.580 bits per heavy atom. The summed E-state index contributed by atoms with van der Waals surface area (Å²) in [6.07, 6.45) is 9.38. The van der Waals surface area contributed by atoms with Crippen LogP contribution in [0.5, 0.6) is 5.75 Å². The lowest BCUT2D eigenvalue weighted by Crippen LogP contribution is -2.19. The molecule has 0 spiro atoms.